The lowest BCUT2D eigenvalue weighted by Gasteiger charge is -2.32. The fourth-order valence-corrected chi connectivity index (χ4v) is 2.81. The van der Waals surface area contributed by atoms with E-state index in [0.29, 0.717) is 4.47 Å². The standard InChI is InChI=1S/C13H16BrF2NO/c1-18-12-5-3-2-4-11(12)17-13-9(15)6-8(14)7-10(13)16/h6-7,11-12,17H,2-5H2,1H3. The Balaban J connectivity index is 2.17. The molecule has 0 aromatic heterocycles. The number of hydrogen-bond donors (Lipinski definition) is 1. The normalized spacial score (nSPS) is 24.0. The topological polar surface area (TPSA) is 21.3 Å². The first kappa shape index (κ1) is 13.7. The van der Waals surface area contributed by atoms with Crippen molar-refractivity contribution in [3.8, 4) is 0 Å². The Labute approximate surface area is 114 Å². The summed E-state index contributed by atoms with van der Waals surface area (Å²) in [7, 11) is 1.64. The summed E-state index contributed by atoms with van der Waals surface area (Å²) in [6, 6.07) is 2.49. The van der Waals surface area contributed by atoms with Gasteiger partial charge in [0.05, 0.1) is 12.1 Å². The fourth-order valence-electron chi connectivity index (χ4n) is 2.41. The molecule has 1 fully saturated rings. The minimum absolute atomic E-state index is 0.0150. The van der Waals surface area contributed by atoms with Gasteiger partial charge in [0.15, 0.2) is 0 Å². The van der Waals surface area contributed by atoms with E-state index in [1.54, 1.807) is 7.11 Å². The SMILES string of the molecule is COC1CCCCC1Nc1c(F)cc(Br)cc1F. The summed E-state index contributed by atoms with van der Waals surface area (Å²) in [5, 5.41) is 2.95. The maximum atomic E-state index is 13.7. The van der Waals surface area contributed by atoms with Crippen molar-refractivity contribution in [2.75, 3.05) is 12.4 Å². The Hall–Kier alpha value is -0.680. The van der Waals surface area contributed by atoms with Crippen molar-refractivity contribution in [3.63, 3.8) is 0 Å². The number of benzene rings is 1. The third kappa shape index (κ3) is 3.01. The highest BCUT2D eigenvalue weighted by molar-refractivity contribution is 9.10. The molecule has 2 unspecified atom stereocenters. The smallest absolute Gasteiger partial charge is 0.150 e. The number of anilines is 1. The molecule has 0 heterocycles. The van der Waals surface area contributed by atoms with Gasteiger partial charge in [-0.3, -0.25) is 0 Å². The lowest BCUT2D eigenvalue weighted by atomic mass is 9.92. The van der Waals surface area contributed by atoms with Gasteiger partial charge in [0, 0.05) is 11.6 Å². The first-order chi connectivity index (χ1) is 8.61. The average molecular weight is 320 g/mol. The van der Waals surface area contributed by atoms with Gasteiger partial charge in [-0.1, -0.05) is 28.8 Å². The fraction of sp³-hybridized carbons (Fsp3) is 0.538. The molecule has 0 radical (unpaired) electrons. The molecular weight excluding hydrogens is 304 g/mol. The molecule has 2 rings (SSSR count). The van der Waals surface area contributed by atoms with Gasteiger partial charge >= 0.3 is 0 Å². The van der Waals surface area contributed by atoms with Crippen molar-refractivity contribution in [3.05, 3.63) is 28.2 Å². The van der Waals surface area contributed by atoms with Crippen molar-refractivity contribution in [1.29, 1.82) is 0 Å². The van der Waals surface area contributed by atoms with Crippen LogP contribution in [0.15, 0.2) is 16.6 Å². The van der Waals surface area contributed by atoms with E-state index in [9.17, 15) is 8.78 Å². The van der Waals surface area contributed by atoms with Crippen LogP contribution in [0.1, 0.15) is 25.7 Å². The second-order valence-corrected chi connectivity index (χ2v) is 5.47. The number of ether oxygens (including phenoxy) is 1. The lowest BCUT2D eigenvalue weighted by Crippen LogP contribution is -2.38. The zero-order chi connectivity index (χ0) is 13.1. The van der Waals surface area contributed by atoms with E-state index in [0.717, 1.165) is 25.7 Å². The first-order valence-electron chi connectivity index (χ1n) is 6.05. The number of halogens is 3. The molecule has 18 heavy (non-hydrogen) atoms. The minimum atomic E-state index is -0.581. The number of rotatable bonds is 3. The van der Waals surface area contributed by atoms with Crippen molar-refractivity contribution in [1.82, 2.24) is 0 Å². The molecule has 1 N–H and O–H groups in total. The van der Waals surface area contributed by atoms with E-state index in [4.69, 9.17) is 4.74 Å². The maximum absolute atomic E-state index is 13.7. The Morgan fingerprint density at radius 3 is 2.44 bits per heavy atom. The molecule has 0 spiro atoms. The van der Waals surface area contributed by atoms with Crippen LogP contribution in [0.3, 0.4) is 0 Å². The summed E-state index contributed by atoms with van der Waals surface area (Å²) >= 11 is 3.07. The molecule has 100 valence electrons. The molecule has 1 aromatic carbocycles. The van der Waals surface area contributed by atoms with Crippen LogP contribution in [0.2, 0.25) is 0 Å². The number of nitrogens with one attached hydrogen (secondary N) is 1. The Kier molecular flexibility index (Phi) is 4.56. The molecule has 1 aliphatic carbocycles. The third-order valence-electron chi connectivity index (χ3n) is 3.34. The summed E-state index contributed by atoms with van der Waals surface area (Å²) < 4.78 is 33.2. The molecule has 0 saturated heterocycles. The second kappa shape index (κ2) is 5.97. The Morgan fingerprint density at radius 1 is 1.22 bits per heavy atom. The molecule has 1 saturated carbocycles. The zero-order valence-electron chi connectivity index (χ0n) is 10.2. The van der Waals surface area contributed by atoms with Crippen LogP contribution in [-0.4, -0.2) is 19.3 Å². The van der Waals surface area contributed by atoms with Crippen LogP contribution in [0.4, 0.5) is 14.5 Å². The second-order valence-electron chi connectivity index (χ2n) is 4.55. The minimum Gasteiger partial charge on any atom is -0.379 e. The summed E-state index contributed by atoms with van der Waals surface area (Å²) in [4.78, 5) is 0. The lowest BCUT2D eigenvalue weighted by molar-refractivity contribution is 0.0604. The molecule has 1 aliphatic rings. The first-order valence-corrected chi connectivity index (χ1v) is 6.85. The molecule has 2 atom stereocenters. The van der Waals surface area contributed by atoms with Crippen LogP contribution in [0.25, 0.3) is 0 Å². The van der Waals surface area contributed by atoms with Crippen LogP contribution in [0, 0.1) is 11.6 Å². The summed E-state index contributed by atoms with van der Waals surface area (Å²) in [5.74, 6) is -1.16. The number of hydrogen-bond acceptors (Lipinski definition) is 2. The predicted molar refractivity (Wildman–Crippen MR) is 70.7 cm³/mol. The maximum Gasteiger partial charge on any atom is 0.150 e. The van der Waals surface area contributed by atoms with Crippen molar-refractivity contribution < 1.29 is 13.5 Å². The predicted octanol–water partition coefficient (Wildman–Crippen LogP) is 4.10. The van der Waals surface area contributed by atoms with Crippen LogP contribution >= 0.6 is 15.9 Å². The van der Waals surface area contributed by atoms with Crippen LogP contribution in [0.5, 0.6) is 0 Å². The van der Waals surface area contributed by atoms with Gasteiger partial charge in [0.2, 0.25) is 0 Å². The van der Waals surface area contributed by atoms with Gasteiger partial charge in [0.1, 0.15) is 17.3 Å². The van der Waals surface area contributed by atoms with Crippen LogP contribution in [-0.2, 0) is 4.74 Å². The molecule has 5 heteroatoms. The molecule has 2 nitrogen and oxygen atoms in total. The average Bonchev–Trinajstić information content (AvgIpc) is 2.34. The summed E-state index contributed by atoms with van der Waals surface area (Å²) in [6.45, 7) is 0. The zero-order valence-corrected chi connectivity index (χ0v) is 11.8. The van der Waals surface area contributed by atoms with Crippen LogP contribution < -0.4 is 5.32 Å². The van der Waals surface area contributed by atoms with Crippen molar-refractivity contribution >= 4 is 21.6 Å². The molecular formula is C13H16BrF2NO. The third-order valence-corrected chi connectivity index (χ3v) is 3.80. The van der Waals surface area contributed by atoms with Gasteiger partial charge < -0.3 is 10.1 Å². The van der Waals surface area contributed by atoms with Crippen molar-refractivity contribution in [2.24, 2.45) is 0 Å². The van der Waals surface area contributed by atoms with Gasteiger partial charge in [-0.2, -0.15) is 0 Å². The van der Waals surface area contributed by atoms with Gasteiger partial charge in [0.25, 0.3) is 0 Å². The highest BCUT2D eigenvalue weighted by Crippen LogP contribution is 2.28. The highest BCUT2D eigenvalue weighted by atomic mass is 79.9. The van der Waals surface area contributed by atoms with Crippen molar-refractivity contribution in [2.45, 2.75) is 37.8 Å². The quantitative estimate of drug-likeness (QED) is 0.905. The van der Waals surface area contributed by atoms with E-state index in [-0.39, 0.29) is 17.8 Å². The molecule has 0 aliphatic heterocycles. The van der Waals surface area contributed by atoms with Gasteiger partial charge in [-0.25, -0.2) is 8.78 Å². The van der Waals surface area contributed by atoms with Gasteiger partial charge in [-0.05, 0) is 25.0 Å². The van der Waals surface area contributed by atoms with E-state index < -0.39 is 11.6 Å². The van der Waals surface area contributed by atoms with Gasteiger partial charge in [-0.15, -0.1) is 0 Å². The molecule has 1 aromatic rings. The largest absolute Gasteiger partial charge is 0.379 e. The highest BCUT2D eigenvalue weighted by Gasteiger charge is 2.26. The summed E-state index contributed by atoms with van der Waals surface area (Å²) in [6.07, 6.45) is 3.96. The molecule has 0 amide bonds. The van der Waals surface area contributed by atoms with E-state index >= 15 is 0 Å². The molecule has 0 bridgehead atoms. The van der Waals surface area contributed by atoms with E-state index in [1.165, 1.54) is 12.1 Å². The van der Waals surface area contributed by atoms with E-state index in [1.807, 2.05) is 0 Å². The number of methoxy groups -OCH3 is 1. The Bertz CT molecular complexity index is 404. The Morgan fingerprint density at radius 2 is 1.83 bits per heavy atom. The van der Waals surface area contributed by atoms with E-state index in [2.05, 4.69) is 21.2 Å². The summed E-state index contributed by atoms with van der Waals surface area (Å²) in [5.41, 5.74) is -0.0628. The monoisotopic (exact) mass is 319 g/mol.